The molecule has 1 unspecified atom stereocenters. The first-order chi connectivity index (χ1) is 6.74. The molecule has 0 aliphatic carbocycles. The van der Waals surface area contributed by atoms with Gasteiger partial charge in [-0.2, -0.15) is 0 Å². The smallest absolute Gasteiger partial charge is 0.130 e. The molecule has 1 aromatic heterocycles. The Morgan fingerprint density at radius 3 is 2.86 bits per heavy atom. The first-order valence-corrected chi connectivity index (χ1v) is 4.53. The highest BCUT2D eigenvalue weighted by Crippen LogP contribution is 2.18. The number of nitrogens with zero attached hydrogens (tertiary/aromatic N) is 2. The van der Waals surface area contributed by atoms with Crippen molar-refractivity contribution < 1.29 is 0 Å². The van der Waals surface area contributed by atoms with Gasteiger partial charge in [-0.15, -0.1) is 6.58 Å². The van der Waals surface area contributed by atoms with Crippen molar-refractivity contribution in [1.29, 1.82) is 0 Å². The molecule has 72 valence electrons. The fourth-order valence-electron chi connectivity index (χ4n) is 1.57. The van der Waals surface area contributed by atoms with Crippen LogP contribution in [0.2, 0.25) is 0 Å². The van der Waals surface area contributed by atoms with Crippen LogP contribution < -0.4 is 5.73 Å². The fourth-order valence-corrected chi connectivity index (χ4v) is 1.57. The van der Waals surface area contributed by atoms with Crippen LogP contribution in [0.1, 0.15) is 11.9 Å². The summed E-state index contributed by atoms with van der Waals surface area (Å²) in [6.45, 7) is 3.67. The standard InChI is InChI=1S/C11H13N3/c1-3-8(12)11-13-9-6-4-5-7-10(9)14(11)2/h3-8H,1,12H2,2H3. The van der Waals surface area contributed by atoms with Crippen LogP contribution in [0.4, 0.5) is 0 Å². The van der Waals surface area contributed by atoms with Gasteiger partial charge in [-0.25, -0.2) is 4.98 Å². The highest BCUT2D eigenvalue weighted by molar-refractivity contribution is 5.75. The van der Waals surface area contributed by atoms with E-state index in [9.17, 15) is 0 Å². The minimum Gasteiger partial charge on any atom is -0.330 e. The van der Waals surface area contributed by atoms with Crippen molar-refractivity contribution >= 4 is 11.0 Å². The summed E-state index contributed by atoms with van der Waals surface area (Å²) in [5.41, 5.74) is 7.93. The Morgan fingerprint density at radius 2 is 2.21 bits per heavy atom. The zero-order valence-electron chi connectivity index (χ0n) is 8.14. The molecule has 3 nitrogen and oxygen atoms in total. The molecule has 0 fully saturated rings. The topological polar surface area (TPSA) is 43.8 Å². The minimum absolute atomic E-state index is 0.201. The molecule has 14 heavy (non-hydrogen) atoms. The van der Waals surface area contributed by atoms with Crippen molar-refractivity contribution in [1.82, 2.24) is 9.55 Å². The quantitative estimate of drug-likeness (QED) is 0.728. The summed E-state index contributed by atoms with van der Waals surface area (Å²) in [4.78, 5) is 4.45. The maximum atomic E-state index is 5.86. The van der Waals surface area contributed by atoms with E-state index in [0.717, 1.165) is 16.9 Å². The van der Waals surface area contributed by atoms with Crippen molar-refractivity contribution in [3.63, 3.8) is 0 Å². The Bertz CT molecular complexity index is 470. The van der Waals surface area contributed by atoms with E-state index in [-0.39, 0.29) is 6.04 Å². The molecule has 0 radical (unpaired) electrons. The Kier molecular flexibility index (Phi) is 2.09. The number of nitrogens with two attached hydrogens (primary N) is 1. The highest BCUT2D eigenvalue weighted by Gasteiger charge is 2.10. The maximum Gasteiger partial charge on any atom is 0.130 e. The lowest BCUT2D eigenvalue weighted by Gasteiger charge is -2.05. The molecule has 0 saturated heterocycles. The predicted molar refractivity (Wildman–Crippen MR) is 57.8 cm³/mol. The normalized spacial score (nSPS) is 13.0. The van der Waals surface area contributed by atoms with E-state index >= 15 is 0 Å². The van der Waals surface area contributed by atoms with Crippen molar-refractivity contribution in [2.24, 2.45) is 12.8 Å². The second-order valence-electron chi connectivity index (χ2n) is 3.28. The number of aromatic nitrogens is 2. The van der Waals surface area contributed by atoms with Gasteiger partial charge in [0.2, 0.25) is 0 Å². The molecule has 1 heterocycles. The monoisotopic (exact) mass is 187 g/mol. The Hall–Kier alpha value is -1.61. The van der Waals surface area contributed by atoms with Gasteiger partial charge >= 0.3 is 0 Å². The van der Waals surface area contributed by atoms with Crippen LogP contribution in [0.3, 0.4) is 0 Å². The third-order valence-corrected chi connectivity index (χ3v) is 2.37. The predicted octanol–water partition coefficient (Wildman–Crippen LogP) is 1.76. The number of hydrogen-bond donors (Lipinski definition) is 1. The lowest BCUT2D eigenvalue weighted by Crippen LogP contribution is -2.12. The van der Waals surface area contributed by atoms with Gasteiger partial charge in [-0.05, 0) is 12.1 Å². The molecule has 0 aliphatic heterocycles. The number of hydrogen-bond acceptors (Lipinski definition) is 2. The SMILES string of the molecule is C=CC(N)c1nc2ccccc2n1C. The number of para-hydroxylation sites is 2. The summed E-state index contributed by atoms with van der Waals surface area (Å²) >= 11 is 0. The molecule has 0 aliphatic rings. The second-order valence-corrected chi connectivity index (χ2v) is 3.28. The summed E-state index contributed by atoms with van der Waals surface area (Å²) < 4.78 is 2.00. The molecule has 2 aromatic rings. The molecular formula is C11H13N3. The molecule has 2 rings (SSSR count). The van der Waals surface area contributed by atoms with E-state index in [2.05, 4.69) is 11.6 Å². The Balaban J connectivity index is 2.68. The van der Waals surface area contributed by atoms with E-state index in [0.29, 0.717) is 0 Å². The number of imidazole rings is 1. The van der Waals surface area contributed by atoms with Crippen molar-refractivity contribution in [3.8, 4) is 0 Å². The summed E-state index contributed by atoms with van der Waals surface area (Å²) in [6, 6.07) is 7.77. The van der Waals surface area contributed by atoms with Crippen LogP contribution in [0.15, 0.2) is 36.9 Å². The number of aryl methyl sites for hydroxylation is 1. The molecule has 0 amide bonds. The molecule has 0 bridgehead atoms. The van der Waals surface area contributed by atoms with Gasteiger partial charge in [-0.1, -0.05) is 18.2 Å². The first-order valence-electron chi connectivity index (χ1n) is 4.53. The molecule has 1 aromatic carbocycles. The largest absolute Gasteiger partial charge is 0.330 e. The van der Waals surface area contributed by atoms with E-state index < -0.39 is 0 Å². The van der Waals surface area contributed by atoms with Gasteiger partial charge in [0.15, 0.2) is 0 Å². The van der Waals surface area contributed by atoms with Gasteiger partial charge in [-0.3, -0.25) is 0 Å². The van der Waals surface area contributed by atoms with Crippen LogP contribution in [-0.4, -0.2) is 9.55 Å². The van der Waals surface area contributed by atoms with Gasteiger partial charge in [0.05, 0.1) is 17.1 Å². The van der Waals surface area contributed by atoms with Crippen LogP contribution >= 0.6 is 0 Å². The van der Waals surface area contributed by atoms with Crippen molar-refractivity contribution in [2.75, 3.05) is 0 Å². The zero-order valence-corrected chi connectivity index (χ0v) is 8.14. The summed E-state index contributed by atoms with van der Waals surface area (Å²) in [5.74, 6) is 0.848. The summed E-state index contributed by atoms with van der Waals surface area (Å²) in [5, 5.41) is 0. The van der Waals surface area contributed by atoms with E-state index in [1.807, 2.05) is 35.9 Å². The van der Waals surface area contributed by atoms with Crippen LogP contribution in [0, 0.1) is 0 Å². The number of rotatable bonds is 2. The third kappa shape index (κ3) is 1.22. The summed E-state index contributed by atoms with van der Waals surface area (Å²) in [6.07, 6.45) is 1.70. The van der Waals surface area contributed by atoms with Gasteiger partial charge in [0.25, 0.3) is 0 Å². The third-order valence-electron chi connectivity index (χ3n) is 2.37. The number of fused-ring (bicyclic) bond motifs is 1. The Morgan fingerprint density at radius 1 is 1.50 bits per heavy atom. The fraction of sp³-hybridized carbons (Fsp3) is 0.182. The van der Waals surface area contributed by atoms with Crippen LogP contribution in [-0.2, 0) is 7.05 Å². The molecule has 2 N–H and O–H groups in total. The zero-order chi connectivity index (χ0) is 10.1. The van der Waals surface area contributed by atoms with Crippen LogP contribution in [0.25, 0.3) is 11.0 Å². The molecular weight excluding hydrogens is 174 g/mol. The van der Waals surface area contributed by atoms with E-state index in [4.69, 9.17) is 5.73 Å². The second kappa shape index (κ2) is 3.27. The van der Waals surface area contributed by atoms with Crippen molar-refractivity contribution in [2.45, 2.75) is 6.04 Å². The average molecular weight is 187 g/mol. The van der Waals surface area contributed by atoms with Crippen LogP contribution in [0.5, 0.6) is 0 Å². The van der Waals surface area contributed by atoms with Gasteiger partial charge < -0.3 is 10.3 Å². The van der Waals surface area contributed by atoms with E-state index in [1.54, 1.807) is 6.08 Å². The maximum absolute atomic E-state index is 5.86. The van der Waals surface area contributed by atoms with Gasteiger partial charge in [0, 0.05) is 7.05 Å². The lowest BCUT2D eigenvalue weighted by molar-refractivity contribution is 0.748. The molecule has 1 atom stereocenters. The Labute approximate surface area is 82.9 Å². The molecule has 0 spiro atoms. The van der Waals surface area contributed by atoms with Crippen molar-refractivity contribution in [3.05, 3.63) is 42.7 Å². The molecule has 0 saturated carbocycles. The highest BCUT2D eigenvalue weighted by atomic mass is 15.1. The van der Waals surface area contributed by atoms with Gasteiger partial charge in [0.1, 0.15) is 5.82 Å². The lowest BCUT2D eigenvalue weighted by atomic mass is 10.3. The summed E-state index contributed by atoms with van der Waals surface area (Å²) in [7, 11) is 1.97. The minimum atomic E-state index is -0.201. The first kappa shape index (κ1) is 8.97. The molecule has 3 heteroatoms. The number of benzene rings is 1. The average Bonchev–Trinajstić information content (AvgIpc) is 2.56. The van der Waals surface area contributed by atoms with E-state index in [1.165, 1.54) is 0 Å².